The van der Waals surface area contributed by atoms with Crippen molar-refractivity contribution in [3.8, 4) is 17.2 Å². The number of hydrogen-bond acceptors (Lipinski definition) is 4. The van der Waals surface area contributed by atoms with Crippen LogP contribution < -0.4 is 9.47 Å². The average molecular weight is 298 g/mol. The fourth-order valence-corrected chi connectivity index (χ4v) is 3.06. The molecular weight excluding hydrogens is 279 g/mol. The molecule has 21 heavy (non-hydrogen) atoms. The molecule has 0 atom stereocenters. The summed E-state index contributed by atoms with van der Waals surface area (Å²) in [5.74, 6) is -2.86. The highest BCUT2D eigenvalue weighted by atomic mass is 19.1. The Bertz CT molecular complexity index is 549. The van der Waals surface area contributed by atoms with E-state index in [1.54, 1.807) is 0 Å². The third kappa shape index (κ3) is 2.39. The van der Waals surface area contributed by atoms with Crippen LogP contribution in [0.3, 0.4) is 0 Å². The number of carbonyl (C=O) groups is 1. The van der Waals surface area contributed by atoms with Crippen molar-refractivity contribution in [1.82, 2.24) is 0 Å². The van der Waals surface area contributed by atoms with Crippen LogP contribution in [0.4, 0.5) is 4.39 Å². The Labute approximate surface area is 122 Å². The first-order chi connectivity index (χ1) is 9.97. The van der Waals surface area contributed by atoms with Crippen LogP contribution in [0, 0.1) is 5.82 Å². The van der Waals surface area contributed by atoms with Crippen molar-refractivity contribution in [2.24, 2.45) is 0 Å². The van der Waals surface area contributed by atoms with Gasteiger partial charge in [0.05, 0.1) is 19.6 Å². The molecule has 2 N–H and O–H groups in total. The Morgan fingerprint density at radius 1 is 1.24 bits per heavy atom. The zero-order valence-corrected chi connectivity index (χ0v) is 12.1. The summed E-state index contributed by atoms with van der Waals surface area (Å²) in [7, 11) is 2.60. The van der Waals surface area contributed by atoms with Gasteiger partial charge in [-0.25, -0.2) is 0 Å². The molecular formula is C15H19FO5. The molecule has 0 aliphatic heterocycles. The highest BCUT2D eigenvalue weighted by Crippen LogP contribution is 2.48. The largest absolute Gasteiger partial charge is 0.504 e. The zero-order chi connectivity index (χ0) is 15.6. The predicted molar refractivity (Wildman–Crippen MR) is 73.6 cm³/mol. The van der Waals surface area contributed by atoms with Gasteiger partial charge in [-0.15, -0.1) is 0 Å². The van der Waals surface area contributed by atoms with E-state index in [1.165, 1.54) is 20.3 Å². The molecule has 1 aliphatic rings. The van der Waals surface area contributed by atoms with Crippen molar-refractivity contribution in [2.45, 2.75) is 37.5 Å². The number of aliphatic carboxylic acids is 1. The lowest BCUT2D eigenvalue weighted by molar-refractivity contribution is -0.145. The molecule has 0 saturated heterocycles. The fraction of sp³-hybridized carbons (Fsp3) is 0.533. The van der Waals surface area contributed by atoms with Gasteiger partial charge in [0.2, 0.25) is 11.6 Å². The Morgan fingerprint density at radius 3 is 2.33 bits per heavy atom. The lowest BCUT2D eigenvalue weighted by atomic mass is 9.69. The van der Waals surface area contributed by atoms with Crippen LogP contribution in [-0.2, 0) is 10.2 Å². The van der Waals surface area contributed by atoms with E-state index in [1.807, 2.05) is 0 Å². The number of benzene rings is 1. The van der Waals surface area contributed by atoms with Crippen LogP contribution in [-0.4, -0.2) is 30.4 Å². The van der Waals surface area contributed by atoms with Crippen molar-refractivity contribution in [2.75, 3.05) is 14.2 Å². The molecule has 0 aromatic heterocycles. The Balaban J connectivity index is 2.66. The molecule has 5 nitrogen and oxygen atoms in total. The van der Waals surface area contributed by atoms with E-state index in [0.717, 1.165) is 19.3 Å². The highest BCUT2D eigenvalue weighted by Gasteiger charge is 2.44. The molecule has 1 aliphatic carbocycles. The maximum absolute atomic E-state index is 14.3. The molecule has 0 spiro atoms. The summed E-state index contributed by atoms with van der Waals surface area (Å²) in [4.78, 5) is 11.8. The number of phenolic OH excluding ortho intramolecular Hbond substituents is 1. The Kier molecular flexibility index (Phi) is 4.25. The molecule has 0 unspecified atom stereocenters. The first-order valence-corrected chi connectivity index (χ1v) is 6.85. The number of ether oxygens (including phenoxy) is 2. The second-order valence-electron chi connectivity index (χ2n) is 5.27. The van der Waals surface area contributed by atoms with Gasteiger partial charge in [-0.3, -0.25) is 4.79 Å². The summed E-state index contributed by atoms with van der Waals surface area (Å²) in [5, 5.41) is 19.8. The second kappa shape index (κ2) is 5.79. The van der Waals surface area contributed by atoms with Gasteiger partial charge < -0.3 is 19.7 Å². The number of hydrogen-bond donors (Lipinski definition) is 2. The number of halogens is 1. The maximum atomic E-state index is 14.3. The van der Waals surface area contributed by atoms with Crippen molar-refractivity contribution in [3.63, 3.8) is 0 Å². The maximum Gasteiger partial charge on any atom is 0.314 e. The first kappa shape index (κ1) is 15.4. The SMILES string of the molecule is COc1cc(C2(C(=O)O)CCCCC2)c(O)c(F)c1OC. The van der Waals surface area contributed by atoms with Crippen LogP contribution in [0.2, 0.25) is 0 Å². The van der Waals surface area contributed by atoms with Crippen molar-refractivity contribution in [3.05, 3.63) is 17.4 Å². The summed E-state index contributed by atoms with van der Waals surface area (Å²) in [6.45, 7) is 0. The topological polar surface area (TPSA) is 76.0 Å². The van der Waals surface area contributed by atoms with Gasteiger partial charge in [0.25, 0.3) is 0 Å². The summed E-state index contributed by atoms with van der Waals surface area (Å²) in [6, 6.07) is 1.37. The van der Waals surface area contributed by atoms with E-state index in [4.69, 9.17) is 9.47 Å². The summed E-state index contributed by atoms with van der Waals surface area (Å²) >= 11 is 0. The predicted octanol–water partition coefficient (Wildman–Crippen LogP) is 2.84. The van der Waals surface area contributed by atoms with E-state index < -0.39 is 23.0 Å². The van der Waals surface area contributed by atoms with Crippen LogP contribution in [0.1, 0.15) is 37.7 Å². The molecule has 1 aromatic rings. The summed E-state index contributed by atoms with van der Waals surface area (Å²) < 4.78 is 24.2. The van der Waals surface area contributed by atoms with E-state index in [9.17, 15) is 19.4 Å². The van der Waals surface area contributed by atoms with E-state index in [2.05, 4.69) is 0 Å². The quantitative estimate of drug-likeness (QED) is 0.894. The van der Waals surface area contributed by atoms with Crippen LogP contribution >= 0.6 is 0 Å². The number of aromatic hydroxyl groups is 1. The number of carboxylic acids is 1. The zero-order valence-electron chi connectivity index (χ0n) is 12.1. The molecule has 0 radical (unpaired) electrons. The van der Waals surface area contributed by atoms with Gasteiger partial charge in [-0.2, -0.15) is 4.39 Å². The van der Waals surface area contributed by atoms with E-state index in [-0.39, 0.29) is 17.1 Å². The smallest absolute Gasteiger partial charge is 0.314 e. The minimum Gasteiger partial charge on any atom is -0.504 e. The van der Waals surface area contributed by atoms with Crippen LogP contribution in [0.25, 0.3) is 0 Å². The fourth-order valence-electron chi connectivity index (χ4n) is 3.06. The van der Waals surface area contributed by atoms with E-state index >= 15 is 0 Å². The van der Waals surface area contributed by atoms with Gasteiger partial charge in [-0.1, -0.05) is 19.3 Å². The minimum atomic E-state index is -1.28. The number of carboxylic acid groups (broad SMARTS) is 1. The molecule has 0 amide bonds. The Hall–Kier alpha value is -1.98. The lowest BCUT2D eigenvalue weighted by Crippen LogP contribution is -2.38. The molecule has 1 aromatic carbocycles. The van der Waals surface area contributed by atoms with Crippen LogP contribution in [0.15, 0.2) is 6.07 Å². The Morgan fingerprint density at radius 2 is 1.86 bits per heavy atom. The molecule has 0 heterocycles. The summed E-state index contributed by atoms with van der Waals surface area (Å²) in [6.07, 6.45) is 3.12. The number of phenols is 1. The van der Waals surface area contributed by atoms with Gasteiger partial charge >= 0.3 is 5.97 Å². The molecule has 2 rings (SSSR count). The number of rotatable bonds is 4. The monoisotopic (exact) mass is 298 g/mol. The van der Waals surface area contributed by atoms with Gasteiger partial charge in [-0.05, 0) is 18.9 Å². The number of methoxy groups -OCH3 is 2. The molecule has 116 valence electrons. The minimum absolute atomic E-state index is 0.0600. The normalized spacial score (nSPS) is 17.3. The van der Waals surface area contributed by atoms with Gasteiger partial charge in [0.1, 0.15) is 0 Å². The third-order valence-electron chi connectivity index (χ3n) is 4.22. The average Bonchev–Trinajstić information content (AvgIpc) is 2.50. The molecule has 0 bridgehead atoms. The second-order valence-corrected chi connectivity index (χ2v) is 5.27. The van der Waals surface area contributed by atoms with E-state index in [0.29, 0.717) is 12.8 Å². The molecule has 1 saturated carbocycles. The third-order valence-corrected chi connectivity index (χ3v) is 4.22. The van der Waals surface area contributed by atoms with Crippen molar-refractivity contribution >= 4 is 5.97 Å². The van der Waals surface area contributed by atoms with Crippen molar-refractivity contribution in [1.29, 1.82) is 0 Å². The standard InChI is InChI=1S/C15H19FO5/c1-20-10-8-9(12(17)11(16)13(10)21-2)15(14(18)19)6-4-3-5-7-15/h8,17H,3-7H2,1-2H3,(H,18,19). The molecule has 1 fully saturated rings. The van der Waals surface area contributed by atoms with Gasteiger partial charge in [0.15, 0.2) is 11.5 Å². The van der Waals surface area contributed by atoms with Crippen molar-refractivity contribution < 1.29 is 28.9 Å². The van der Waals surface area contributed by atoms with Gasteiger partial charge in [0, 0.05) is 5.56 Å². The van der Waals surface area contributed by atoms with Crippen LogP contribution in [0.5, 0.6) is 17.2 Å². The molecule has 6 heteroatoms. The highest BCUT2D eigenvalue weighted by molar-refractivity contribution is 5.83. The summed E-state index contributed by atoms with van der Waals surface area (Å²) in [5.41, 5.74) is -1.22. The lowest BCUT2D eigenvalue weighted by Gasteiger charge is -2.34. The first-order valence-electron chi connectivity index (χ1n) is 6.85.